The summed E-state index contributed by atoms with van der Waals surface area (Å²) in [4.78, 5) is 22.2. The van der Waals surface area contributed by atoms with Gasteiger partial charge in [0.15, 0.2) is 0 Å². The molecule has 3 rings (SSSR count). The Morgan fingerprint density at radius 3 is 2.73 bits per heavy atom. The van der Waals surface area contributed by atoms with Crippen molar-refractivity contribution < 1.29 is 18.3 Å². The van der Waals surface area contributed by atoms with E-state index in [1.165, 1.54) is 12.4 Å². The van der Waals surface area contributed by atoms with E-state index >= 15 is 0 Å². The third kappa shape index (κ3) is 4.44. The smallest absolute Gasteiger partial charge is 0.227 e. The normalized spacial score (nSPS) is 15.0. The number of likely N-dealkylation sites (tertiary alicyclic amines) is 1. The Morgan fingerprint density at radius 1 is 1.27 bits per heavy atom. The number of nitrogens with zero attached hydrogens (tertiary/aromatic N) is 3. The molecule has 1 aliphatic rings. The van der Waals surface area contributed by atoms with Crippen molar-refractivity contribution in [1.82, 2.24) is 14.9 Å². The van der Waals surface area contributed by atoms with E-state index in [0.717, 1.165) is 25.0 Å². The fourth-order valence-electron chi connectivity index (χ4n) is 2.95. The molecule has 8 heteroatoms. The molecule has 1 saturated heterocycles. The van der Waals surface area contributed by atoms with E-state index in [9.17, 15) is 13.6 Å². The van der Waals surface area contributed by atoms with E-state index in [0.29, 0.717) is 24.8 Å². The highest BCUT2D eigenvalue weighted by atomic mass is 19.1. The van der Waals surface area contributed by atoms with Crippen molar-refractivity contribution in [2.45, 2.75) is 25.3 Å². The Bertz CT molecular complexity index is 780. The Labute approximate surface area is 150 Å². The number of hydrogen-bond donors (Lipinski definition) is 1. The maximum Gasteiger partial charge on any atom is 0.227 e. The van der Waals surface area contributed by atoms with Crippen molar-refractivity contribution in [1.29, 1.82) is 0 Å². The van der Waals surface area contributed by atoms with Gasteiger partial charge in [-0.3, -0.25) is 4.79 Å². The van der Waals surface area contributed by atoms with Crippen molar-refractivity contribution in [3.8, 4) is 5.88 Å². The van der Waals surface area contributed by atoms with Crippen LogP contribution in [0.15, 0.2) is 30.6 Å². The van der Waals surface area contributed by atoms with Gasteiger partial charge in [-0.2, -0.15) is 0 Å². The van der Waals surface area contributed by atoms with Crippen LogP contribution in [0.25, 0.3) is 0 Å². The van der Waals surface area contributed by atoms with Gasteiger partial charge in [0.2, 0.25) is 11.8 Å². The first-order chi connectivity index (χ1) is 12.5. The quantitative estimate of drug-likeness (QED) is 0.885. The molecule has 138 valence electrons. The summed E-state index contributed by atoms with van der Waals surface area (Å²) in [5.74, 6) is -0.330. The lowest BCUT2D eigenvalue weighted by Crippen LogP contribution is -2.43. The number of anilines is 1. The number of nitrogens with one attached hydrogen (secondary N) is 1. The molecule has 1 aromatic carbocycles. The molecule has 26 heavy (non-hydrogen) atoms. The van der Waals surface area contributed by atoms with Crippen LogP contribution in [0.1, 0.15) is 18.4 Å². The van der Waals surface area contributed by atoms with Gasteiger partial charge in [-0.1, -0.05) is 6.07 Å². The molecule has 1 aromatic heterocycles. The summed E-state index contributed by atoms with van der Waals surface area (Å²) >= 11 is 0. The molecule has 6 nitrogen and oxygen atoms in total. The maximum atomic E-state index is 13.7. The molecule has 0 saturated carbocycles. The number of halogens is 2. The zero-order chi connectivity index (χ0) is 18.5. The molecule has 1 fully saturated rings. The molecule has 1 amide bonds. The second-order valence-electron chi connectivity index (χ2n) is 6.16. The van der Waals surface area contributed by atoms with E-state index < -0.39 is 11.6 Å². The molecule has 0 spiro atoms. The average molecular weight is 362 g/mol. The molecule has 0 radical (unpaired) electrons. The van der Waals surface area contributed by atoms with Gasteiger partial charge in [0.05, 0.1) is 13.5 Å². The number of carbonyl (C=O) groups excluding carboxylic acids is 1. The molecule has 0 bridgehead atoms. The summed E-state index contributed by atoms with van der Waals surface area (Å²) in [5.41, 5.74) is 0.213. The van der Waals surface area contributed by atoms with Crippen LogP contribution >= 0.6 is 0 Å². The second kappa shape index (κ2) is 8.07. The lowest BCUT2D eigenvalue weighted by atomic mass is 10.0. The monoisotopic (exact) mass is 362 g/mol. The Morgan fingerprint density at radius 2 is 2.04 bits per heavy atom. The zero-order valence-corrected chi connectivity index (χ0v) is 14.4. The molecule has 1 N–H and O–H groups in total. The zero-order valence-electron chi connectivity index (χ0n) is 14.4. The highest BCUT2D eigenvalue weighted by Gasteiger charge is 2.23. The molecule has 0 unspecified atom stereocenters. The highest BCUT2D eigenvalue weighted by Crippen LogP contribution is 2.19. The number of carbonyl (C=O) groups is 1. The topological polar surface area (TPSA) is 67.3 Å². The third-order valence-electron chi connectivity index (χ3n) is 4.41. The van der Waals surface area contributed by atoms with Crippen LogP contribution < -0.4 is 10.1 Å². The van der Waals surface area contributed by atoms with Gasteiger partial charge in [0, 0.05) is 31.3 Å². The lowest BCUT2D eigenvalue weighted by Gasteiger charge is -2.32. The summed E-state index contributed by atoms with van der Waals surface area (Å²) in [5, 5.41) is 3.31. The van der Waals surface area contributed by atoms with Crippen LogP contribution in [0, 0.1) is 11.6 Å². The number of piperidine rings is 1. The van der Waals surface area contributed by atoms with Crippen molar-refractivity contribution in [2.24, 2.45) is 0 Å². The fourth-order valence-corrected chi connectivity index (χ4v) is 2.95. The van der Waals surface area contributed by atoms with E-state index in [2.05, 4.69) is 15.3 Å². The van der Waals surface area contributed by atoms with Crippen LogP contribution in [0.2, 0.25) is 0 Å². The van der Waals surface area contributed by atoms with Crippen molar-refractivity contribution in [2.75, 3.05) is 25.5 Å². The number of hydrogen-bond acceptors (Lipinski definition) is 5. The van der Waals surface area contributed by atoms with Gasteiger partial charge in [-0.25, -0.2) is 18.7 Å². The van der Waals surface area contributed by atoms with E-state index in [1.54, 1.807) is 18.1 Å². The number of rotatable bonds is 5. The number of methoxy groups -OCH3 is 1. The molecular weight excluding hydrogens is 342 g/mol. The molecule has 0 atom stereocenters. The SMILES string of the molecule is COc1cc(NC2CCN(C(=O)Cc3ccc(F)cc3F)CC2)ncn1. The van der Waals surface area contributed by atoms with Crippen molar-refractivity contribution in [3.05, 3.63) is 47.8 Å². The predicted molar refractivity (Wildman–Crippen MR) is 91.9 cm³/mol. The van der Waals surface area contributed by atoms with Gasteiger partial charge >= 0.3 is 0 Å². The van der Waals surface area contributed by atoms with E-state index in [4.69, 9.17) is 4.74 Å². The number of benzene rings is 1. The summed E-state index contributed by atoms with van der Waals surface area (Å²) < 4.78 is 31.7. The summed E-state index contributed by atoms with van der Waals surface area (Å²) in [6.07, 6.45) is 2.87. The van der Waals surface area contributed by atoms with Gasteiger partial charge in [-0.05, 0) is 24.5 Å². The Hall–Kier alpha value is -2.77. The summed E-state index contributed by atoms with van der Waals surface area (Å²) in [6.45, 7) is 1.14. The van der Waals surface area contributed by atoms with Crippen LogP contribution in [0.5, 0.6) is 5.88 Å². The lowest BCUT2D eigenvalue weighted by molar-refractivity contribution is -0.131. The number of aromatic nitrogens is 2. The molecule has 1 aliphatic heterocycles. The summed E-state index contributed by atoms with van der Waals surface area (Å²) in [7, 11) is 1.54. The third-order valence-corrected chi connectivity index (χ3v) is 4.41. The average Bonchev–Trinajstić information content (AvgIpc) is 2.64. The minimum Gasteiger partial charge on any atom is -0.481 e. The van der Waals surface area contributed by atoms with Crippen LogP contribution in [-0.4, -0.2) is 47.0 Å². The first kappa shape index (κ1) is 18.0. The van der Waals surface area contributed by atoms with Crippen LogP contribution in [-0.2, 0) is 11.2 Å². The fraction of sp³-hybridized carbons (Fsp3) is 0.389. The minimum atomic E-state index is -0.687. The van der Waals surface area contributed by atoms with E-state index in [1.807, 2.05) is 0 Å². The molecule has 2 heterocycles. The number of ether oxygens (including phenoxy) is 1. The van der Waals surface area contributed by atoms with Crippen LogP contribution in [0.4, 0.5) is 14.6 Å². The van der Waals surface area contributed by atoms with Crippen LogP contribution in [0.3, 0.4) is 0 Å². The largest absolute Gasteiger partial charge is 0.481 e. The summed E-state index contributed by atoms with van der Waals surface area (Å²) in [6, 6.07) is 5.18. The predicted octanol–water partition coefficient (Wildman–Crippen LogP) is 2.41. The maximum absolute atomic E-state index is 13.7. The van der Waals surface area contributed by atoms with Gasteiger partial charge in [0.1, 0.15) is 23.8 Å². The number of amides is 1. The Kier molecular flexibility index (Phi) is 5.60. The molecule has 2 aromatic rings. The van der Waals surface area contributed by atoms with Gasteiger partial charge in [0.25, 0.3) is 0 Å². The van der Waals surface area contributed by atoms with E-state index in [-0.39, 0.29) is 23.9 Å². The minimum absolute atomic E-state index is 0.0622. The van der Waals surface area contributed by atoms with Crippen molar-refractivity contribution in [3.63, 3.8) is 0 Å². The van der Waals surface area contributed by atoms with Crippen molar-refractivity contribution >= 4 is 11.7 Å². The standard InChI is InChI=1S/C18H20F2N4O2/c1-26-17-10-16(21-11-22-17)23-14-4-6-24(7-5-14)18(25)8-12-2-3-13(19)9-15(12)20/h2-3,9-11,14H,4-8H2,1H3,(H,21,22,23). The Balaban J connectivity index is 1.52. The molecule has 0 aliphatic carbocycles. The first-order valence-electron chi connectivity index (χ1n) is 8.39. The molecular formula is C18H20F2N4O2. The highest BCUT2D eigenvalue weighted by molar-refractivity contribution is 5.79. The first-order valence-corrected chi connectivity index (χ1v) is 8.39. The second-order valence-corrected chi connectivity index (χ2v) is 6.16. The van der Waals surface area contributed by atoms with Gasteiger partial charge in [-0.15, -0.1) is 0 Å². The van der Waals surface area contributed by atoms with Gasteiger partial charge < -0.3 is 15.0 Å².